The molecule has 0 saturated heterocycles. The molecule has 0 aliphatic rings. The number of carbonyl (C=O) groups excluding carboxylic acids is 2. The van der Waals surface area contributed by atoms with Gasteiger partial charge in [0.05, 0.1) is 16.4 Å². The first-order valence-corrected chi connectivity index (χ1v) is 8.64. The van der Waals surface area contributed by atoms with E-state index in [9.17, 15) is 9.59 Å². The molecule has 3 rings (SSSR count). The van der Waals surface area contributed by atoms with Gasteiger partial charge in [-0.15, -0.1) is 0 Å². The van der Waals surface area contributed by atoms with E-state index >= 15 is 0 Å². The Morgan fingerprint density at radius 3 is 2.07 bits per heavy atom. The summed E-state index contributed by atoms with van der Waals surface area (Å²) in [6.45, 7) is -0.204. The van der Waals surface area contributed by atoms with Crippen molar-refractivity contribution < 1.29 is 14.3 Å². The van der Waals surface area contributed by atoms with E-state index in [1.165, 1.54) is 0 Å². The van der Waals surface area contributed by atoms with Crippen molar-refractivity contribution in [2.24, 2.45) is 0 Å². The fourth-order valence-corrected chi connectivity index (χ4v) is 2.57. The zero-order chi connectivity index (χ0) is 19.1. The zero-order valence-electron chi connectivity index (χ0n) is 14.3. The van der Waals surface area contributed by atoms with Crippen molar-refractivity contribution in [3.05, 3.63) is 89.4 Å². The van der Waals surface area contributed by atoms with Crippen LogP contribution in [0.1, 0.15) is 10.4 Å². The molecule has 0 fully saturated rings. The molecule has 0 atom stereocenters. The van der Waals surface area contributed by atoms with Crippen molar-refractivity contribution in [3.8, 4) is 5.75 Å². The van der Waals surface area contributed by atoms with Crippen molar-refractivity contribution in [2.75, 3.05) is 17.2 Å². The van der Waals surface area contributed by atoms with Gasteiger partial charge in [-0.05, 0) is 36.4 Å². The number of anilines is 2. The quantitative estimate of drug-likeness (QED) is 0.656. The van der Waals surface area contributed by atoms with Gasteiger partial charge in [-0.25, -0.2) is 0 Å². The molecule has 5 nitrogen and oxygen atoms in total. The number of hydrogen-bond donors (Lipinski definition) is 2. The average Bonchev–Trinajstić information content (AvgIpc) is 2.69. The van der Waals surface area contributed by atoms with Crippen LogP contribution in [0.15, 0.2) is 78.9 Å². The van der Waals surface area contributed by atoms with Gasteiger partial charge < -0.3 is 15.4 Å². The molecule has 0 spiro atoms. The lowest BCUT2D eigenvalue weighted by Gasteiger charge is -2.13. The van der Waals surface area contributed by atoms with Crippen LogP contribution in [0.2, 0.25) is 5.02 Å². The topological polar surface area (TPSA) is 67.4 Å². The number of hydrogen-bond acceptors (Lipinski definition) is 3. The highest BCUT2D eigenvalue weighted by Gasteiger charge is 2.11. The molecule has 3 aromatic rings. The third-order valence-corrected chi connectivity index (χ3v) is 3.99. The Balaban J connectivity index is 1.64. The van der Waals surface area contributed by atoms with Gasteiger partial charge in [0.15, 0.2) is 6.61 Å². The number of rotatable bonds is 6. The van der Waals surface area contributed by atoms with Crippen LogP contribution >= 0.6 is 11.6 Å². The monoisotopic (exact) mass is 380 g/mol. The second-order valence-electron chi connectivity index (χ2n) is 5.63. The molecule has 0 radical (unpaired) electrons. The highest BCUT2D eigenvalue weighted by molar-refractivity contribution is 6.32. The highest BCUT2D eigenvalue weighted by atomic mass is 35.5. The van der Waals surface area contributed by atoms with E-state index in [2.05, 4.69) is 10.6 Å². The molecule has 6 heteroatoms. The van der Waals surface area contributed by atoms with Gasteiger partial charge in [0.1, 0.15) is 5.75 Å². The minimum absolute atomic E-state index is 0.204. The largest absolute Gasteiger partial charge is 0.482 e. The Hall–Kier alpha value is -3.31. The van der Waals surface area contributed by atoms with E-state index in [-0.39, 0.29) is 18.4 Å². The summed E-state index contributed by atoms with van der Waals surface area (Å²) in [5.74, 6) is -0.194. The molecule has 2 amide bonds. The minimum Gasteiger partial charge on any atom is -0.482 e. The van der Waals surface area contributed by atoms with Gasteiger partial charge in [0, 0.05) is 5.56 Å². The lowest BCUT2D eigenvalue weighted by Crippen LogP contribution is -2.21. The summed E-state index contributed by atoms with van der Waals surface area (Å²) >= 11 is 6.00. The Kier molecular flexibility index (Phi) is 6.07. The molecular weight excluding hydrogens is 364 g/mol. The first kappa shape index (κ1) is 18.5. The lowest BCUT2D eigenvalue weighted by atomic mass is 10.2. The Labute approximate surface area is 161 Å². The molecule has 27 heavy (non-hydrogen) atoms. The number of para-hydroxylation sites is 3. The fourth-order valence-electron chi connectivity index (χ4n) is 2.38. The van der Waals surface area contributed by atoms with Gasteiger partial charge in [-0.3, -0.25) is 9.59 Å². The van der Waals surface area contributed by atoms with Crippen molar-refractivity contribution in [1.82, 2.24) is 0 Å². The molecule has 3 aromatic carbocycles. The maximum absolute atomic E-state index is 12.3. The van der Waals surface area contributed by atoms with Gasteiger partial charge in [0.25, 0.3) is 11.8 Å². The first-order valence-electron chi connectivity index (χ1n) is 8.26. The van der Waals surface area contributed by atoms with E-state index in [0.29, 0.717) is 27.7 Å². The van der Waals surface area contributed by atoms with Crippen molar-refractivity contribution in [1.29, 1.82) is 0 Å². The highest BCUT2D eigenvalue weighted by Crippen LogP contribution is 2.24. The summed E-state index contributed by atoms with van der Waals surface area (Å²) in [5, 5.41) is 5.97. The van der Waals surface area contributed by atoms with Crippen molar-refractivity contribution in [2.45, 2.75) is 0 Å². The third-order valence-electron chi connectivity index (χ3n) is 3.68. The standard InChI is InChI=1S/C21H17ClN2O3/c22-16-10-4-7-13-19(16)27-14-20(25)23-17-11-5-6-12-18(17)24-21(26)15-8-2-1-3-9-15/h1-13H,14H2,(H,23,25)(H,24,26). The van der Waals surface area contributed by atoms with E-state index < -0.39 is 0 Å². The molecular formula is C21H17ClN2O3. The Morgan fingerprint density at radius 2 is 1.37 bits per heavy atom. The zero-order valence-corrected chi connectivity index (χ0v) is 15.1. The number of halogens is 1. The molecule has 0 saturated carbocycles. The van der Waals surface area contributed by atoms with Crippen LogP contribution in [0.4, 0.5) is 11.4 Å². The fraction of sp³-hybridized carbons (Fsp3) is 0.0476. The summed E-state index contributed by atoms with van der Waals surface area (Å²) < 4.78 is 5.43. The van der Waals surface area contributed by atoms with Crippen LogP contribution in [0.5, 0.6) is 5.75 Å². The first-order chi connectivity index (χ1) is 13.1. The average molecular weight is 381 g/mol. The molecule has 0 bridgehead atoms. The molecule has 136 valence electrons. The smallest absolute Gasteiger partial charge is 0.262 e. The van der Waals surface area contributed by atoms with Gasteiger partial charge in [-0.2, -0.15) is 0 Å². The molecule has 0 aliphatic heterocycles. The van der Waals surface area contributed by atoms with Crippen LogP contribution in [-0.4, -0.2) is 18.4 Å². The van der Waals surface area contributed by atoms with Gasteiger partial charge in [0.2, 0.25) is 0 Å². The molecule has 0 heterocycles. The maximum Gasteiger partial charge on any atom is 0.262 e. The normalized spacial score (nSPS) is 10.1. The van der Waals surface area contributed by atoms with Crippen LogP contribution in [0.25, 0.3) is 0 Å². The van der Waals surface area contributed by atoms with Crippen LogP contribution in [-0.2, 0) is 4.79 Å². The van der Waals surface area contributed by atoms with Crippen LogP contribution in [0.3, 0.4) is 0 Å². The second-order valence-corrected chi connectivity index (χ2v) is 6.04. The summed E-state index contributed by atoms with van der Waals surface area (Å²) in [7, 11) is 0. The Bertz CT molecular complexity index is 945. The maximum atomic E-state index is 12.3. The van der Waals surface area contributed by atoms with E-state index in [1.807, 2.05) is 6.07 Å². The lowest BCUT2D eigenvalue weighted by molar-refractivity contribution is -0.118. The molecule has 2 N–H and O–H groups in total. The second kappa shape index (κ2) is 8.87. The summed E-state index contributed by atoms with van der Waals surface area (Å²) in [5.41, 5.74) is 1.51. The molecule has 0 aromatic heterocycles. The van der Waals surface area contributed by atoms with Crippen LogP contribution in [0, 0.1) is 0 Å². The number of benzene rings is 3. The van der Waals surface area contributed by atoms with Gasteiger partial charge in [-0.1, -0.05) is 54.1 Å². The molecule has 0 unspecified atom stereocenters. The third kappa shape index (κ3) is 5.09. The molecule has 0 aliphatic carbocycles. The van der Waals surface area contributed by atoms with Gasteiger partial charge >= 0.3 is 0 Å². The number of ether oxygens (including phenoxy) is 1. The number of carbonyl (C=O) groups is 2. The van der Waals surface area contributed by atoms with Crippen molar-refractivity contribution in [3.63, 3.8) is 0 Å². The summed E-state index contributed by atoms with van der Waals surface area (Å²) in [4.78, 5) is 24.6. The van der Waals surface area contributed by atoms with E-state index in [0.717, 1.165) is 0 Å². The summed E-state index contributed by atoms with van der Waals surface area (Å²) in [6.07, 6.45) is 0. The van der Waals surface area contributed by atoms with Crippen molar-refractivity contribution >= 4 is 34.8 Å². The minimum atomic E-state index is -0.365. The number of amides is 2. The Morgan fingerprint density at radius 1 is 0.778 bits per heavy atom. The predicted molar refractivity (Wildman–Crippen MR) is 106 cm³/mol. The van der Waals surface area contributed by atoms with E-state index in [4.69, 9.17) is 16.3 Å². The van der Waals surface area contributed by atoms with Crippen LogP contribution < -0.4 is 15.4 Å². The number of nitrogens with one attached hydrogen (secondary N) is 2. The predicted octanol–water partition coefficient (Wildman–Crippen LogP) is 4.61. The SMILES string of the molecule is O=C(COc1ccccc1Cl)Nc1ccccc1NC(=O)c1ccccc1. The van der Waals surface area contributed by atoms with E-state index in [1.54, 1.807) is 72.8 Å². The summed E-state index contributed by atoms with van der Waals surface area (Å²) in [6, 6.07) is 22.7.